The van der Waals surface area contributed by atoms with Crippen LogP contribution in [0.1, 0.15) is 29.9 Å². The van der Waals surface area contributed by atoms with E-state index in [9.17, 15) is 4.39 Å². The molecule has 0 bridgehead atoms. The van der Waals surface area contributed by atoms with Gasteiger partial charge in [0.15, 0.2) is 0 Å². The van der Waals surface area contributed by atoms with Gasteiger partial charge < -0.3 is 5.32 Å². The summed E-state index contributed by atoms with van der Waals surface area (Å²) in [6.07, 6.45) is 2.09. The summed E-state index contributed by atoms with van der Waals surface area (Å²) >= 11 is 1.73. The van der Waals surface area contributed by atoms with E-state index in [0.29, 0.717) is 12.0 Å². The fraction of sp³-hybridized carbons (Fsp3) is 0.333. The Balaban J connectivity index is 1.50. The van der Waals surface area contributed by atoms with Crippen LogP contribution in [0, 0.1) is 5.82 Å². The van der Waals surface area contributed by atoms with Gasteiger partial charge >= 0.3 is 0 Å². The molecule has 3 heteroatoms. The van der Waals surface area contributed by atoms with Crippen LogP contribution in [-0.4, -0.2) is 6.04 Å². The van der Waals surface area contributed by atoms with E-state index in [-0.39, 0.29) is 5.82 Å². The van der Waals surface area contributed by atoms with Gasteiger partial charge in [-0.25, -0.2) is 4.39 Å². The Hall–Kier alpha value is -1.19. The van der Waals surface area contributed by atoms with E-state index in [1.54, 1.807) is 23.5 Å². The minimum atomic E-state index is -0.0567. The van der Waals surface area contributed by atoms with Gasteiger partial charge in [-0.3, -0.25) is 0 Å². The molecule has 0 saturated heterocycles. The van der Waals surface area contributed by atoms with E-state index in [4.69, 9.17) is 0 Å². The zero-order chi connectivity index (χ0) is 12.4. The molecule has 0 unspecified atom stereocenters. The SMILES string of the molecule is Fc1ccccc1C1CC(NCc2ccsc2)C1. The van der Waals surface area contributed by atoms with Gasteiger partial charge in [0.25, 0.3) is 0 Å². The predicted molar refractivity (Wildman–Crippen MR) is 73.3 cm³/mol. The summed E-state index contributed by atoms with van der Waals surface area (Å²) in [5, 5.41) is 7.79. The molecule has 0 amide bonds. The van der Waals surface area contributed by atoms with E-state index in [2.05, 4.69) is 22.1 Å². The molecule has 0 spiro atoms. The number of rotatable bonds is 4. The first-order valence-electron chi connectivity index (χ1n) is 6.32. The number of halogens is 1. The average Bonchev–Trinajstić information content (AvgIpc) is 2.82. The Labute approximate surface area is 111 Å². The molecule has 18 heavy (non-hydrogen) atoms. The lowest BCUT2D eigenvalue weighted by atomic mass is 9.75. The fourth-order valence-electron chi connectivity index (χ4n) is 2.50. The van der Waals surface area contributed by atoms with E-state index in [1.165, 1.54) is 5.56 Å². The van der Waals surface area contributed by atoms with Crippen LogP contribution in [0.4, 0.5) is 4.39 Å². The van der Waals surface area contributed by atoms with Crippen LogP contribution < -0.4 is 5.32 Å². The van der Waals surface area contributed by atoms with Crippen LogP contribution in [0.2, 0.25) is 0 Å². The minimum absolute atomic E-state index is 0.0567. The maximum atomic E-state index is 13.6. The van der Waals surface area contributed by atoms with Crippen molar-refractivity contribution in [3.63, 3.8) is 0 Å². The van der Waals surface area contributed by atoms with Gasteiger partial charge in [0.2, 0.25) is 0 Å². The maximum Gasteiger partial charge on any atom is 0.126 e. The topological polar surface area (TPSA) is 12.0 Å². The molecule has 1 aromatic carbocycles. The van der Waals surface area contributed by atoms with Gasteiger partial charge in [-0.2, -0.15) is 11.3 Å². The molecule has 0 atom stereocenters. The first-order valence-corrected chi connectivity index (χ1v) is 7.26. The quantitative estimate of drug-likeness (QED) is 0.879. The number of thiophene rings is 1. The first kappa shape index (κ1) is 11.9. The lowest BCUT2D eigenvalue weighted by Crippen LogP contribution is -2.39. The van der Waals surface area contributed by atoms with E-state index < -0.39 is 0 Å². The van der Waals surface area contributed by atoms with Gasteiger partial charge in [-0.1, -0.05) is 18.2 Å². The lowest BCUT2D eigenvalue weighted by Gasteiger charge is -2.36. The zero-order valence-corrected chi connectivity index (χ0v) is 10.9. The second-order valence-electron chi connectivity index (χ2n) is 4.90. The summed E-state index contributed by atoms with van der Waals surface area (Å²) in [5.41, 5.74) is 2.22. The van der Waals surface area contributed by atoms with Gasteiger partial charge in [0.05, 0.1) is 0 Å². The normalized spacial score (nSPS) is 22.7. The minimum Gasteiger partial charge on any atom is -0.310 e. The summed E-state index contributed by atoms with van der Waals surface area (Å²) < 4.78 is 13.6. The molecule has 1 N–H and O–H groups in total. The molecule has 1 fully saturated rings. The van der Waals surface area contributed by atoms with Crippen LogP contribution >= 0.6 is 11.3 Å². The van der Waals surface area contributed by atoms with Crippen molar-refractivity contribution in [1.29, 1.82) is 0 Å². The summed E-state index contributed by atoms with van der Waals surface area (Å²) in [6.45, 7) is 0.929. The van der Waals surface area contributed by atoms with Crippen LogP contribution in [0.3, 0.4) is 0 Å². The lowest BCUT2D eigenvalue weighted by molar-refractivity contribution is 0.284. The van der Waals surface area contributed by atoms with Gasteiger partial charge in [-0.05, 0) is 52.8 Å². The second-order valence-corrected chi connectivity index (χ2v) is 5.68. The molecule has 3 rings (SSSR count). The second kappa shape index (κ2) is 5.21. The third-order valence-electron chi connectivity index (χ3n) is 3.66. The van der Waals surface area contributed by atoms with Crippen molar-refractivity contribution in [1.82, 2.24) is 5.32 Å². The Kier molecular flexibility index (Phi) is 3.43. The highest BCUT2D eigenvalue weighted by atomic mass is 32.1. The van der Waals surface area contributed by atoms with Crippen LogP contribution in [0.25, 0.3) is 0 Å². The summed E-state index contributed by atoms with van der Waals surface area (Å²) in [6, 6.07) is 9.82. The van der Waals surface area contributed by atoms with Gasteiger partial charge in [-0.15, -0.1) is 0 Å². The summed E-state index contributed by atoms with van der Waals surface area (Å²) in [5.74, 6) is 0.338. The third kappa shape index (κ3) is 2.47. The standard InChI is InChI=1S/C15H16FNS/c16-15-4-2-1-3-14(15)12-7-13(8-12)17-9-11-5-6-18-10-11/h1-6,10,12-13,17H,7-9H2. The highest BCUT2D eigenvalue weighted by Crippen LogP contribution is 2.38. The predicted octanol–water partition coefficient (Wildman–Crippen LogP) is 3.92. The monoisotopic (exact) mass is 261 g/mol. The summed E-state index contributed by atoms with van der Waals surface area (Å²) in [7, 11) is 0. The smallest absolute Gasteiger partial charge is 0.126 e. The highest BCUT2D eigenvalue weighted by Gasteiger charge is 2.31. The van der Waals surface area contributed by atoms with Gasteiger partial charge in [0, 0.05) is 12.6 Å². The molecule has 2 aromatic rings. The molecule has 1 aliphatic rings. The molecular formula is C15H16FNS. The maximum absolute atomic E-state index is 13.6. The molecule has 1 heterocycles. The van der Waals surface area contributed by atoms with Crippen LogP contribution in [-0.2, 0) is 6.54 Å². The van der Waals surface area contributed by atoms with Crippen molar-refractivity contribution < 1.29 is 4.39 Å². The third-order valence-corrected chi connectivity index (χ3v) is 4.39. The van der Waals surface area contributed by atoms with Crippen molar-refractivity contribution in [3.8, 4) is 0 Å². The van der Waals surface area contributed by atoms with Crippen molar-refractivity contribution in [3.05, 3.63) is 58.0 Å². The van der Waals surface area contributed by atoms with Crippen molar-refractivity contribution in [2.75, 3.05) is 0 Å². The van der Waals surface area contributed by atoms with E-state index in [1.807, 2.05) is 12.1 Å². The molecule has 1 nitrogen and oxygen atoms in total. The highest BCUT2D eigenvalue weighted by molar-refractivity contribution is 7.07. The van der Waals surface area contributed by atoms with Crippen LogP contribution in [0.5, 0.6) is 0 Å². The first-order chi connectivity index (χ1) is 8.83. The Bertz CT molecular complexity index is 503. The average molecular weight is 261 g/mol. The van der Waals surface area contributed by atoms with E-state index in [0.717, 1.165) is 24.9 Å². The Morgan fingerprint density at radius 1 is 1.22 bits per heavy atom. The largest absolute Gasteiger partial charge is 0.310 e. The number of nitrogens with one attached hydrogen (secondary N) is 1. The summed E-state index contributed by atoms with van der Waals surface area (Å²) in [4.78, 5) is 0. The Morgan fingerprint density at radius 3 is 2.78 bits per heavy atom. The van der Waals surface area contributed by atoms with Crippen molar-refractivity contribution >= 4 is 11.3 Å². The number of hydrogen-bond donors (Lipinski definition) is 1. The van der Waals surface area contributed by atoms with Crippen molar-refractivity contribution in [2.24, 2.45) is 0 Å². The molecule has 1 aliphatic carbocycles. The Morgan fingerprint density at radius 2 is 2.06 bits per heavy atom. The molecule has 1 aromatic heterocycles. The molecular weight excluding hydrogens is 245 g/mol. The molecule has 0 aliphatic heterocycles. The number of hydrogen-bond acceptors (Lipinski definition) is 2. The fourth-order valence-corrected chi connectivity index (χ4v) is 3.17. The van der Waals surface area contributed by atoms with E-state index >= 15 is 0 Å². The molecule has 1 saturated carbocycles. The molecule has 94 valence electrons. The van der Waals surface area contributed by atoms with Gasteiger partial charge in [0.1, 0.15) is 5.82 Å². The number of benzene rings is 1. The zero-order valence-electron chi connectivity index (χ0n) is 10.1. The van der Waals surface area contributed by atoms with Crippen molar-refractivity contribution in [2.45, 2.75) is 31.3 Å². The molecule has 0 radical (unpaired) electrons. The van der Waals surface area contributed by atoms with Crippen LogP contribution in [0.15, 0.2) is 41.1 Å².